The maximum absolute atomic E-state index is 8.38. The fraction of sp³-hybridized carbons (Fsp3) is 0.182. The average molecular weight is 311 g/mol. The molecule has 0 aliphatic rings. The van der Waals surface area contributed by atoms with Gasteiger partial charge in [-0.1, -0.05) is 47.9 Å². The molecule has 0 atom stereocenters. The van der Waals surface area contributed by atoms with Crippen molar-refractivity contribution in [3.8, 4) is 6.19 Å². The minimum absolute atomic E-state index is 0.530. The van der Waals surface area contributed by atoms with Crippen LogP contribution in [0.25, 0.3) is 10.2 Å². The maximum atomic E-state index is 8.38. The number of para-hydroxylation sites is 1. The molecule has 0 amide bonds. The molecule has 0 spiro atoms. The molecular weight excluding hydrogens is 302 g/mol. The van der Waals surface area contributed by atoms with E-state index in [2.05, 4.69) is 16.4 Å². The first kappa shape index (κ1) is 13.6. The molecule has 0 saturated heterocycles. The van der Waals surface area contributed by atoms with Crippen molar-refractivity contribution >= 4 is 61.6 Å². The third-order valence-electron chi connectivity index (χ3n) is 1.97. The van der Waals surface area contributed by atoms with Crippen molar-refractivity contribution in [1.29, 1.82) is 5.26 Å². The van der Waals surface area contributed by atoms with Gasteiger partial charge in [0.05, 0.1) is 10.2 Å². The van der Waals surface area contributed by atoms with Gasteiger partial charge in [-0.3, -0.25) is 5.32 Å². The Balaban J connectivity index is 1.80. The van der Waals surface area contributed by atoms with Crippen LogP contribution in [0.4, 0.5) is 0 Å². The number of rotatable bonds is 4. The quantitative estimate of drug-likeness (QED) is 0.307. The molecule has 1 aromatic heterocycles. The van der Waals surface area contributed by atoms with Gasteiger partial charge in [-0.05, 0) is 12.1 Å². The van der Waals surface area contributed by atoms with Crippen LogP contribution in [-0.2, 0) is 0 Å². The highest BCUT2D eigenvalue weighted by Crippen LogP contribution is 2.29. The van der Waals surface area contributed by atoms with Crippen LogP contribution < -0.4 is 5.32 Å². The third-order valence-corrected chi connectivity index (χ3v) is 5.64. The number of nitriles is 1. The number of thiazole rings is 1. The van der Waals surface area contributed by atoms with Gasteiger partial charge < -0.3 is 0 Å². The zero-order valence-electron chi connectivity index (χ0n) is 9.25. The van der Waals surface area contributed by atoms with Crippen molar-refractivity contribution in [3.63, 3.8) is 0 Å². The number of benzene rings is 1. The highest BCUT2D eigenvalue weighted by molar-refractivity contribution is 8.23. The molecule has 0 saturated carbocycles. The van der Waals surface area contributed by atoms with Crippen LogP contribution in [0.1, 0.15) is 0 Å². The molecule has 3 nitrogen and oxygen atoms in total. The van der Waals surface area contributed by atoms with Crippen LogP contribution >= 0.6 is 47.1 Å². The first-order chi connectivity index (χ1) is 8.79. The normalized spacial score (nSPS) is 10.2. The van der Waals surface area contributed by atoms with Crippen LogP contribution in [0.3, 0.4) is 0 Å². The number of thioether (sulfide) groups is 2. The molecule has 2 rings (SSSR count). The molecule has 18 heavy (non-hydrogen) atoms. The van der Waals surface area contributed by atoms with E-state index in [4.69, 9.17) is 17.5 Å². The van der Waals surface area contributed by atoms with Gasteiger partial charge in [0.1, 0.15) is 4.32 Å². The minimum atomic E-state index is 0.530. The average Bonchev–Trinajstić information content (AvgIpc) is 2.77. The fourth-order valence-electron chi connectivity index (χ4n) is 1.26. The van der Waals surface area contributed by atoms with Gasteiger partial charge in [-0.15, -0.1) is 11.3 Å². The summed E-state index contributed by atoms with van der Waals surface area (Å²) in [6.07, 6.45) is 1.81. The Hall–Kier alpha value is -0.810. The Labute approximate surface area is 123 Å². The smallest absolute Gasteiger partial charge is 0.182 e. The van der Waals surface area contributed by atoms with Gasteiger partial charge in [0.25, 0.3) is 0 Å². The summed E-state index contributed by atoms with van der Waals surface area (Å²) in [4.78, 5) is 4.54. The molecule has 1 aromatic carbocycles. The maximum Gasteiger partial charge on any atom is 0.182 e. The molecule has 0 bridgehead atoms. The Morgan fingerprint density at radius 1 is 1.44 bits per heavy atom. The lowest BCUT2D eigenvalue weighted by molar-refractivity contribution is 1.30. The molecule has 0 aliphatic carbocycles. The van der Waals surface area contributed by atoms with Crippen molar-refractivity contribution in [1.82, 2.24) is 10.3 Å². The van der Waals surface area contributed by atoms with E-state index in [1.807, 2.05) is 24.4 Å². The summed E-state index contributed by atoms with van der Waals surface area (Å²) < 4.78 is 2.83. The van der Waals surface area contributed by atoms with Crippen LogP contribution in [0.5, 0.6) is 0 Å². The summed E-state index contributed by atoms with van der Waals surface area (Å²) in [5.41, 5.74) is 1.05. The van der Waals surface area contributed by atoms with Crippen LogP contribution in [0.15, 0.2) is 28.6 Å². The topological polar surface area (TPSA) is 48.7 Å². The van der Waals surface area contributed by atoms with E-state index in [1.54, 1.807) is 23.1 Å². The Morgan fingerprint density at radius 3 is 3.06 bits per heavy atom. The molecular formula is C11H9N3S4. The van der Waals surface area contributed by atoms with Crippen LogP contribution in [-0.4, -0.2) is 20.8 Å². The van der Waals surface area contributed by atoms with Crippen molar-refractivity contribution in [2.75, 3.05) is 11.5 Å². The van der Waals surface area contributed by atoms with Gasteiger partial charge in [0.2, 0.25) is 0 Å². The standard InChI is InChI=1S/C11H9N3S4/c12-7-13-10(15)16-5-6-17-11-14-8-3-1-2-4-9(8)18-11/h1-4H,5-6H2,(H,13,15). The molecule has 2 aromatic rings. The van der Waals surface area contributed by atoms with Gasteiger partial charge in [-0.2, -0.15) is 5.26 Å². The Morgan fingerprint density at radius 2 is 2.28 bits per heavy atom. The summed E-state index contributed by atoms with van der Waals surface area (Å²) in [6.45, 7) is 0. The first-order valence-electron chi connectivity index (χ1n) is 5.10. The molecule has 0 fully saturated rings. The van der Waals surface area contributed by atoms with Crippen molar-refractivity contribution in [3.05, 3.63) is 24.3 Å². The third kappa shape index (κ3) is 3.85. The largest absolute Gasteiger partial charge is 0.278 e. The summed E-state index contributed by atoms with van der Waals surface area (Å²) in [5, 5.41) is 10.8. The summed E-state index contributed by atoms with van der Waals surface area (Å²) >= 11 is 9.85. The van der Waals surface area contributed by atoms with Gasteiger partial charge >= 0.3 is 0 Å². The highest BCUT2D eigenvalue weighted by atomic mass is 32.2. The zero-order valence-corrected chi connectivity index (χ0v) is 12.5. The summed E-state index contributed by atoms with van der Waals surface area (Å²) in [6, 6.07) is 8.13. The Bertz CT molecular complexity index is 554. The molecule has 7 heteroatoms. The van der Waals surface area contributed by atoms with Gasteiger partial charge in [0.15, 0.2) is 10.5 Å². The van der Waals surface area contributed by atoms with Crippen molar-refractivity contribution in [2.45, 2.75) is 4.34 Å². The van der Waals surface area contributed by atoms with Gasteiger partial charge in [-0.25, -0.2) is 4.98 Å². The van der Waals surface area contributed by atoms with Crippen molar-refractivity contribution < 1.29 is 0 Å². The number of aromatic nitrogens is 1. The van der Waals surface area contributed by atoms with E-state index in [1.165, 1.54) is 16.5 Å². The minimum Gasteiger partial charge on any atom is -0.278 e. The SMILES string of the molecule is N#CNC(=S)SCCSc1nc2ccccc2s1. The molecule has 1 N–H and O–H groups in total. The lowest BCUT2D eigenvalue weighted by Gasteiger charge is -1.98. The fourth-order valence-corrected chi connectivity index (χ4v) is 4.31. The van der Waals surface area contributed by atoms with Crippen LogP contribution in [0, 0.1) is 11.5 Å². The number of thiocarbonyl (C=S) groups is 1. The lowest BCUT2D eigenvalue weighted by Crippen LogP contribution is -2.11. The summed E-state index contributed by atoms with van der Waals surface area (Å²) in [5.74, 6) is 1.80. The second-order valence-corrected chi connectivity index (χ2v) is 7.31. The number of hydrogen-bond acceptors (Lipinski definition) is 6. The van der Waals surface area contributed by atoms with E-state index in [0.29, 0.717) is 4.32 Å². The predicted molar refractivity (Wildman–Crippen MR) is 84.1 cm³/mol. The van der Waals surface area contributed by atoms with E-state index in [9.17, 15) is 0 Å². The second kappa shape index (κ2) is 6.95. The number of nitrogens with one attached hydrogen (secondary N) is 1. The lowest BCUT2D eigenvalue weighted by atomic mass is 10.3. The molecule has 1 heterocycles. The molecule has 0 aliphatic heterocycles. The molecule has 0 unspecified atom stereocenters. The predicted octanol–water partition coefficient (Wildman–Crippen LogP) is 3.48. The van der Waals surface area contributed by atoms with E-state index >= 15 is 0 Å². The van der Waals surface area contributed by atoms with E-state index in [-0.39, 0.29) is 0 Å². The van der Waals surface area contributed by atoms with Crippen molar-refractivity contribution in [2.24, 2.45) is 0 Å². The molecule has 0 radical (unpaired) electrons. The number of hydrogen-bond donors (Lipinski definition) is 1. The summed E-state index contributed by atoms with van der Waals surface area (Å²) in [7, 11) is 0. The number of nitrogens with zero attached hydrogens (tertiary/aromatic N) is 2. The monoisotopic (exact) mass is 311 g/mol. The first-order valence-corrected chi connectivity index (χ1v) is 8.29. The number of fused-ring (bicyclic) bond motifs is 1. The van der Waals surface area contributed by atoms with E-state index < -0.39 is 0 Å². The van der Waals surface area contributed by atoms with E-state index in [0.717, 1.165) is 21.4 Å². The highest BCUT2D eigenvalue weighted by Gasteiger charge is 2.03. The molecule has 92 valence electrons. The Kier molecular flexibility index (Phi) is 5.26. The van der Waals surface area contributed by atoms with Gasteiger partial charge in [0, 0.05) is 11.5 Å². The van der Waals surface area contributed by atoms with Crippen LogP contribution in [0.2, 0.25) is 0 Å². The second-order valence-electron chi connectivity index (χ2n) is 3.17. The zero-order chi connectivity index (χ0) is 12.8.